The molecule has 4 fully saturated rings. The van der Waals surface area contributed by atoms with E-state index >= 15 is 0 Å². The number of fused-ring (bicyclic) bond motifs is 6. The lowest BCUT2D eigenvalue weighted by molar-refractivity contribution is -0.349. The van der Waals surface area contributed by atoms with Gasteiger partial charge in [0.2, 0.25) is 12.5 Å². The Kier molecular flexibility index (Phi) is 9.63. The zero-order valence-electron chi connectivity index (χ0n) is 31.0. The van der Waals surface area contributed by atoms with Gasteiger partial charge in [0.1, 0.15) is 24.4 Å². The molecule has 11 atom stereocenters. The number of benzene rings is 2. The van der Waals surface area contributed by atoms with E-state index < -0.39 is 90.5 Å². The second-order valence-corrected chi connectivity index (χ2v) is 14.7. The Morgan fingerprint density at radius 2 is 1.57 bits per heavy atom. The topological polar surface area (TPSA) is 171 Å². The van der Waals surface area contributed by atoms with E-state index in [4.69, 9.17) is 61.6 Å². The molecule has 1 unspecified atom stereocenters. The monoisotopic (exact) mass is 756 g/mol. The van der Waals surface area contributed by atoms with Crippen LogP contribution in [0.2, 0.25) is 0 Å². The zero-order chi connectivity index (χ0) is 38.1. The molecule has 2 aromatic carbocycles. The number of methoxy groups -OCH3 is 3. The molecule has 5 aliphatic heterocycles. The van der Waals surface area contributed by atoms with Gasteiger partial charge >= 0.3 is 17.9 Å². The number of hydrogen-bond acceptors (Lipinski definition) is 16. The molecular weight excluding hydrogens is 712 g/mol. The summed E-state index contributed by atoms with van der Waals surface area (Å²) in [5.74, 6) is -3.84. The summed E-state index contributed by atoms with van der Waals surface area (Å²) in [7, 11) is 4.10. The minimum Gasteiger partial charge on any atom is -0.493 e. The first-order valence-corrected chi connectivity index (χ1v) is 18.0. The fourth-order valence-corrected chi connectivity index (χ4v) is 8.35. The summed E-state index contributed by atoms with van der Waals surface area (Å²) in [6.45, 7) is 7.41. The first-order chi connectivity index (χ1) is 25.9. The van der Waals surface area contributed by atoms with Crippen molar-refractivity contribution in [3.63, 3.8) is 0 Å². The quantitative estimate of drug-likeness (QED) is 0.269. The van der Waals surface area contributed by atoms with Gasteiger partial charge in [-0.3, -0.25) is 14.4 Å². The van der Waals surface area contributed by atoms with Crippen LogP contribution in [0.3, 0.4) is 0 Å². The van der Waals surface area contributed by atoms with E-state index in [2.05, 4.69) is 0 Å². The van der Waals surface area contributed by atoms with Crippen molar-refractivity contribution < 1.29 is 76.0 Å². The number of ether oxygens (including phenoxy) is 13. The van der Waals surface area contributed by atoms with Crippen molar-refractivity contribution >= 4 is 17.9 Å². The lowest BCUT2D eigenvalue weighted by Gasteiger charge is -2.47. The summed E-state index contributed by atoms with van der Waals surface area (Å²) in [6, 6.07) is 7.12. The van der Waals surface area contributed by atoms with Gasteiger partial charge in [0.15, 0.2) is 41.4 Å². The van der Waals surface area contributed by atoms with Crippen LogP contribution in [0.5, 0.6) is 28.7 Å². The summed E-state index contributed by atoms with van der Waals surface area (Å²) < 4.78 is 77.5. The molecule has 0 saturated carbocycles. The summed E-state index contributed by atoms with van der Waals surface area (Å²) in [5, 5.41) is 0. The molecule has 54 heavy (non-hydrogen) atoms. The molecule has 0 spiro atoms. The normalized spacial score (nSPS) is 33.4. The van der Waals surface area contributed by atoms with E-state index in [9.17, 15) is 14.4 Å². The smallest absolute Gasteiger partial charge is 0.314 e. The molecule has 0 N–H and O–H groups in total. The minimum absolute atomic E-state index is 0.0213. The van der Waals surface area contributed by atoms with Crippen molar-refractivity contribution in [2.75, 3.05) is 41.3 Å². The van der Waals surface area contributed by atoms with Crippen molar-refractivity contribution in [2.45, 2.75) is 88.9 Å². The number of hydrogen-bond donors (Lipinski definition) is 0. The highest BCUT2D eigenvalue weighted by Crippen LogP contribution is 2.57. The van der Waals surface area contributed by atoms with Crippen molar-refractivity contribution in [2.24, 2.45) is 17.8 Å². The fourth-order valence-electron chi connectivity index (χ4n) is 8.35. The summed E-state index contributed by atoms with van der Waals surface area (Å²) in [5.41, 5.74) is 2.08. The molecular formula is C38H44O16. The highest BCUT2D eigenvalue weighted by molar-refractivity contribution is 5.82. The Morgan fingerprint density at radius 3 is 2.26 bits per heavy atom. The SMILES string of the molecule is COC(=O)CC(C)C(=O)Oc1c(OC)cc([C@@H]2c3cc4c(cc3[C@@H](O[C@@H]3O[C@@H]5CO[C@@H](C)O[C@H]5[C@@H]5OC(C)(C)O[C@@H]35)[C@H]3COC(=O)[C@H]23)OCO4)cc1OC. The molecule has 1 aliphatic carbocycles. The molecule has 16 nitrogen and oxygen atoms in total. The van der Waals surface area contributed by atoms with Gasteiger partial charge in [0.05, 0.1) is 58.9 Å². The van der Waals surface area contributed by atoms with Crippen molar-refractivity contribution in [3.05, 3.63) is 41.0 Å². The molecule has 2 aromatic rings. The van der Waals surface area contributed by atoms with E-state index in [0.717, 1.165) is 11.1 Å². The molecule has 16 heteroatoms. The summed E-state index contributed by atoms with van der Waals surface area (Å²) in [6.07, 6.45) is -4.36. The Hall–Kier alpha value is -4.19. The van der Waals surface area contributed by atoms with Gasteiger partial charge in [-0.05, 0) is 61.7 Å². The van der Waals surface area contributed by atoms with Crippen molar-refractivity contribution in [1.82, 2.24) is 0 Å². The van der Waals surface area contributed by atoms with E-state index in [1.807, 2.05) is 32.9 Å². The maximum Gasteiger partial charge on any atom is 0.314 e. The predicted octanol–water partition coefficient (Wildman–Crippen LogP) is 3.54. The molecule has 5 heterocycles. The van der Waals surface area contributed by atoms with Crippen LogP contribution in [-0.2, 0) is 52.3 Å². The number of carbonyl (C=O) groups excluding carboxylic acids is 3. The van der Waals surface area contributed by atoms with Crippen LogP contribution >= 0.6 is 0 Å². The lowest BCUT2D eigenvalue weighted by atomic mass is 9.66. The van der Waals surface area contributed by atoms with Gasteiger partial charge in [-0.2, -0.15) is 0 Å². The Balaban J connectivity index is 1.18. The average molecular weight is 757 g/mol. The molecule has 0 aromatic heterocycles. The number of rotatable bonds is 9. The second-order valence-electron chi connectivity index (χ2n) is 14.7. The predicted molar refractivity (Wildman–Crippen MR) is 180 cm³/mol. The van der Waals surface area contributed by atoms with Crippen molar-refractivity contribution in [3.8, 4) is 28.7 Å². The number of esters is 3. The van der Waals surface area contributed by atoms with E-state index in [-0.39, 0.29) is 43.7 Å². The molecule has 8 rings (SSSR count). The van der Waals surface area contributed by atoms with Crippen LogP contribution < -0.4 is 23.7 Å². The maximum atomic E-state index is 13.9. The van der Waals surface area contributed by atoms with Crippen molar-refractivity contribution in [1.29, 1.82) is 0 Å². The van der Waals surface area contributed by atoms with E-state index in [1.165, 1.54) is 21.3 Å². The fraction of sp³-hybridized carbons (Fsp3) is 0.605. The maximum absolute atomic E-state index is 13.9. The van der Waals surface area contributed by atoms with Crippen LogP contribution in [0.25, 0.3) is 0 Å². The lowest BCUT2D eigenvalue weighted by Crippen LogP contribution is -2.62. The average Bonchev–Trinajstić information content (AvgIpc) is 3.87. The molecule has 292 valence electrons. The summed E-state index contributed by atoms with van der Waals surface area (Å²) in [4.78, 5) is 38.8. The first kappa shape index (κ1) is 36.8. The highest BCUT2D eigenvalue weighted by atomic mass is 16.8. The van der Waals surface area contributed by atoms with Gasteiger partial charge in [0.25, 0.3) is 0 Å². The zero-order valence-corrected chi connectivity index (χ0v) is 31.0. The van der Waals surface area contributed by atoms with E-state index in [1.54, 1.807) is 19.1 Å². The van der Waals surface area contributed by atoms with Gasteiger partial charge in [0, 0.05) is 11.8 Å². The Labute approximate surface area is 311 Å². The second kappa shape index (κ2) is 14.1. The first-order valence-electron chi connectivity index (χ1n) is 18.0. The van der Waals surface area contributed by atoms with Crippen LogP contribution in [0.4, 0.5) is 0 Å². The van der Waals surface area contributed by atoms with Gasteiger partial charge in [-0.1, -0.05) is 6.92 Å². The van der Waals surface area contributed by atoms with Gasteiger partial charge in [-0.25, -0.2) is 0 Å². The molecule has 0 bridgehead atoms. The minimum atomic E-state index is -0.936. The standard InChI is InChI=1S/C38H44O16/c1-16(8-27(39)44-7)35(40)51-31-24(42-5)9-18(10-25(31)43-6)28-19-11-22-23(48-15-47-22)12-20(19)30(21-13-46-36(41)29(21)28)52-37-34-33(53-38(3,4)54-34)32-26(50-37)14-45-17(2)49-32/h9-12,16-17,21,26,28-30,32-34,37H,8,13-15H2,1-7H3/t16?,17-,21+,26-,28-,29+,30-,32-,33+,34-,37+/m1/s1. The molecule has 0 radical (unpaired) electrons. The molecule has 6 aliphatic rings. The number of carbonyl (C=O) groups is 3. The van der Waals surface area contributed by atoms with E-state index in [0.29, 0.717) is 17.1 Å². The Morgan fingerprint density at radius 1 is 0.889 bits per heavy atom. The number of cyclic esters (lactones) is 1. The largest absolute Gasteiger partial charge is 0.493 e. The molecule has 0 amide bonds. The highest BCUT2D eigenvalue weighted by Gasteiger charge is 2.60. The molecule has 4 saturated heterocycles. The summed E-state index contributed by atoms with van der Waals surface area (Å²) >= 11 is 0. The van der Waals surface area contributed by atoms with Gasteiger partial charge in [-0.15, -0.1) is 0 Å². The van der Waals surface area contributed by atoms with Crippen LogP contribution in [-0.4, -0.2) is 102 Å². The van der Waals surface area contributed by atoms with Gasteiger partial charge < -0.3 is 61.6 Å². The van der Waals surface area contributed by atoms with Crippen LogP contribution in [0, 0.1) is 17.8 Å². The van der Waals surface area contributed by atoms with Crippen LogP contribution in [0.15, 0.2) is 24.3 Å². The third kappa shape index (κ3) is 6.41. The third-order valence-electron chi connectivity index (χ3n) is 10.8. The Bertz CT molecular complexity index is 1780. The van der Waals surface area contributed by atoms with Crippen LogP contribution in [0.1, 0.15) is 62.8 Å². The third-order valence-corrected chi connectivity index (χ3v) is 10.8.